The fourth-order valence-corrected chi connectivity index (χ4v) is 4.26. The van der Waals surface area contributed by atoms with Crippen LogP contribution in [0.4, 0.5) is 5.82 Å². The van der Waals surface area contributed by atoms with Crippen LogP contribution in [0.15, 0.2) is 30.3 Å². The molecule has 0 spiro atoms. The van der Waals surface area contributed by atoms with Gasteiger partial charge in [-0.1, -0.05) is 18.2 Å². The molecule has 4 rings (SSSR count). The summed E-state index contributed by atoms with van der Waals surface area (Å²) in [6, 6.07) is 9.39. The van der Waals surface area contributed by atoms with Gasteiger partial charge in [-0.2, -0.15) is 0 Å². The maximum Gasteiger partial charge on any atom is 0.260 e. The van der Waals surface area contributed by atoms with Gasteiger partial charge in [0.15, 0.2) is 6.61 Å². The largest absolute Gasteiger partial charge is 0.484 e. The van der Waals surface area contributed by atoms with Crippen molar-refractivity contribution in [2.75, 3.05) is 38.6 Å². The normalized spacial score (nSPS) is 18.3. The number of nitrogens with one attached hydrogen (secondary N) is 1. The molecule has 1 aromatic heterocycles. The van der Waals surface area contributed by atoms with E-state index in [-0.39, 0.29) is 24.3 Å². The van der Waals surface area contributed by atoms with E-state index in [1.165, 1.54) is 0 Å². The molecule has 0 aliphatic carbocycles. The SMILES string of the molecule is CNc1nc([C@H]2CCCN(C(=O)COc3ccccc3)C2)nc2c1CN(C(C)=O)CC2. The summed E-state index contributed by atoms with van der Waals surface area (Å²) in [7, 11) is 1.84. The molecule has 0 radical (unpaired) electrons. The zero-order valence-corrected chi connectivity index (χ0v) is 18.1. The highest BCUT2D eigenvalue weighted by molar-refractivity contribution is 5.78. The molecule has 2 aliphatic rings. The number of anilines is 1. The number of hydrogen-bond acceptors (Lipinski definition) is 6. The van der Waals surface area contributed by atoms with Crippen LogP contribution in [0.1, 0.15) is 42.8 Å². The number of fused-ring (bicyclic) bond motifs is 1. The van der Waals surface area contributed by atoms with Gasteiger partial charge in [-0.05, 0) is 25.0 Å². The highest BCUT2D eigenvalue weighted by Gasteiger charge is 2.30. The molecule has 3 heterocycles. The van der Waals surface area contributed by atoms with Gasteiger partial charge in [-0.3, -0.25) is 9.59 Å². The van der Waals surface area contributed by atoms with Crippen molar-refractivity contribution in [2.24, 2.45) is 0 Å². The Kier molecular flexibility index (Phi) is 6.34. The fourth-order valence-electron chi connectivity index (χ4n) is 4.26. The molecule has 0 unspecified atom stereocenters. The van der Waals surface area contributed by atoms with E-state index in [2.05, 4.69) is 5.32 Å². The first-order valence-electron chi connectivity index (χ1n) is 10.8. The van der Waals surface area contributed by atoms with E-state index in [4.69, 9.17) is 14.7 Å². The van der Waals surface area contributed by atoms with Crippen LogP contribution in [0, 0.1) is 0 Å². The highest BCUT2D eigenvalue weighted by Crippen LogP contribution is 2.30. The van der Waals surface area contributed by atoms with Crippen molar-refractivity contribution in [3.05, 3.63) is 47.4 Å². The predicted molar refractivity (Wildman–Crippen MR) is 117 cm³/mol. The van der Waals surface area contributed by atoms with Crippen molar-refractivity contribution in [3.63, 3.8) is 0 Å². The lowest BCUT2D eigenvalue weighted by Crippen LogP contribution is -2.42. The van der Waals surface area contributed by atoms with Gasteiger partial charge in [0.1, 0.15) is 17.4 Å². The van der Waals surface area contributed by atoms with Gasteiger partial charge in [-0.25, -0.2) is 9.97 Å². The van der Waals surface area contributed by atoms with Crippen LogP contribution in [-0.4, -0.2) is 64.9 Å². The maximum atomic E-state index is 12.7. The molecular formula is C23H29N5O3. The van der Waals surface area contributed by atoms with Crippen LogP contribution >= 0.6 is 0 Å². The molecule has 2 aromatic rings. The van der Waals surface area contributed by atoms with Gasteiger partial charge in [0, 0.05) is 51.5 Å². The summed E-state index contributed by atoms with van der Waals surface area (Å²) in [6.45, 7) is 4.16. The Morgan fingerprint density at radius 1 is 1.16 bits per heavy atom. The van der Waals surface area contributed by atoms with Crippen molar-refractivity contribution in [3.8, 4) is 5.75 Å². The molecule has 8 heteroatoms. The first-order valence-corrected chi connectivity index (χ1v) is 10.8. The molecule has 1 N–H and O–H groups in total. The standard InChI is InChI=1S/C23H29N5O3/c1-16(29)27-12-10-20-19(14-27)23(24-2)26-22(25-20)17-7-6-11-28(13-17)21(30)15-31-18-8-4-3-5-9-18/h3-5,8-9,17H,6-7,10-15H2,1-2H3,(H,24,25,26)/t17-/m0/s1. The summed E-state index contributed by atoms with van der Waals surface area (Å²) < 4.78 is 5.64. The summed E-state index contributed by atoms with van der Waals surface area (Å²) in [5, 5.41) is 3.18. The van der Waals surface area contributed by atoms with Gasteiger partial charge in [0.25, 0.3) is 5.91 Å². The Bertz CT molecular complexity index is 932. The topological polar surface area (TPSA) is 87.7 Å². The van der Waals surface area contributed by atoms with E-state index in [0.717, 1.165) is 48.7 Å². The number of likely N-dealkylation sites (tertiary alicyclic amines) is 1. The molecule has 0 saturated carbocycles. The lowest BCUT2D eigenvalue weighted by Gasteiger charge is -2.33. The minimum absolute atomic E-state index is 0.0162. The fraction of sp³-hybridized carbons (Fsp3) is 0.478. The van der Waals surface area contributed by atoms with Crippen LogP contribution in [0.3, 0.4) is 0 Å². The molecule has 164 valence electrons. The molecule has 1 aromatic carbocycles. The third-order valence-corrected chi connectivity index (χ3v) is 6.00. The van der Waals surface area contributed by atoms with Gasteiger partial charge in [0.2, 0.25) is 5.91 Å². The van der Waals surface area contributed by atoms with Crippen LogP contribution in [0.2, 0.25) is 0 Å². The second-order valence-electron chi connectivity index (χ2n) is 8.08. The number of piperidine rings is 1. The second kappa shape index (κ2) is 9.32. The monoisotopic (exact) mass is 423 g/mol. The Hall–Kier alpha value is -3.16. The van der Waals surface area contributed by atoms with Crippen molar-refractivity contribution >= 4 is 17.6 Å². The number of carbonyl (C=O) groups is 2. The lowest BCUT2D eigenvalue weighted by atomic mass is 9.96. The summed E-state index contributed by atoms with van der Waals surface area (Å²) in [6.07, 6.45) is 2.58. The molecule has 0 bridgehead atoms. The minimum Gasteiger partial charge on any atom is -0.484 e. The van der Waals surface area contributed by atoms with Gasteiger partial charge >= 0.3 is 0 Å². The number of carbonyl (C=O) groups excluding carboxylic acids is 2. The summed E-state index contributed by atoms with van der Waals surface area (Å²) in [4.78, 5) is 37.8. The summed E-state index contributed by atoms with van der Waals surface area (Å²) in [5.74, 6) is 2.40. The number of nitrogens with zero attached hydrogens (tertiary/aromatic N) is 4. The van der Waals surface area contributed by atoms with Crippen molar-refractivity contribution in [2.45, 2.75) is 38.6 Å². The average Bonchev–Trinajstić information content (AvgIpc) is 2.82. The molecule has 8 nitrogen and oxygen atoms in total. The van der Waals surface area contributed by atoms with Gasteiger partial charge in [-0.15, -0.1) is 0 Å². The number of hydrogen-bond donors (Lipinski definition) is 1. The molecule has 2 aliphatic heterocycles. The van der Waals surface area contributed by atoms with E-state index in [1.807, 2.05) is 47.2 Å². The Morgan fingerprint density at radius 2 is 1.97 bits per heavy atom. The third kappa shape index (κ3) is 4.78. The first-order chi connectivity index (χ1) is 15.0. The van der Waals surface area contributed by atoms with Crippen molar-refractivity contribution in [1.29, 1.82) is 0 Å². The molecular weight excluding hydrogens is 394 g/mol. The predicted octanol–water partition coefficient (Wildman–Crippen LogP) is 2.21. The van der Waals surface area contributed by atoms with E-state index >= 15 is 0 Å². The minimum atomic E-state index is -0.0162. The highest BCUT2D eigenvalue weighted by atomic mass is 16.5. The number of ether oxygens (including phenoxy) is 1. The Balaban J connectivity index is 1.45. The Morgan fingerprint density at radius 3 is 2.71 bits per heavy atom. The zero-order valence-electron chi connectivity index (χ0n) is 18.1. The lowest BCUT2D eigenvalue weighted by molar-refractivity contribution is -0.134. The zero-order chi connectivity index (χ0) is 21.8. The van der Waals surface area contributed by atoms with Crippen molar-refractivity contribution in [1.82, 2.24) is 19.8 Å². The number of para-hydroxylation sites is 1. The maximum absolute atomic E-state index is 12.7. The van der Waals surface area contributed by atoms with Crippen LogP contribution in [0.5, 0.6) is 5.75 Å². The average molecular weight is 424 g/mol. The van der Waals surface area contributed by atoms with E-state index in [1.54, 1.807) is 6.92 Å². The number of benzene rings is 1. The summed E-state index contributed by atoms with van der Waals surface area (Å²) in [5.41, 5.74) is 2.00. The number of amides is 2. The van der Waals surface area contributed by atoms with E-state index in [9.17, 15) is 9.59 Å². The van der Waals surface area contributed by atoms with Gasteiger partial charge < -0.3 is 19.9 Å². The van der Waals surface area contributed by atoms with Crippen LogP contribution < -0.4 is 10.1 Å². The molecule has 1 fully saturated rings. The Labute approximate surface area is 182 Å². The molecule has 1 saturated heterocycles. The van der Waals surface area contributed by atoms with E-state index in [0.29, 0.717) is 25.4 Å². The first kappa shape index (κ1) is 21.1. The third-order valence-electron chi connectivity index (χ3n) is 6.00. The van der Waals surface area contributed by atoms with E-state index < -0.39 is 0 Å². The quantitative estimate of drug-likeness (QED) is 0.793. The summed E-state index contributed by atoms with van der Waals surface area (Å²) >= 11 is 0. The molecule has 31 heavy (non-hydrogen) atoms. The molecule has 2 amide bonds. The smallest absolute Gasteiger partial charge is 0.260 e. The second-order valence-corrected chi connectivity index (χ2v) is 8.08. The van der Waals surface area contributed by atoms with Gasteiger partial charge in [0.05, 0.1) is 12.2 Å². The number of aromatic nitrogens is 2. The number of rotatable bonds is 5. The van der Waals surface area contributed by atoms with Crippen molar-refractivity contribution < 1.29 is 14.3 Å². The van der Waals surface area contributed by atoms with Crippen LogP contribution in [-0.2, 0) is 22.6 Å². The van der Waals surface area contributed by atoms with Crippen LogP contribution in [0.25, 0.3) is 0 Å². The molecule has 1 atom stereocenters.